The van der Waals surface area contributed by atoms with Crippen molar-refractivity contribution in [2.45, 2.75) is 11.4 Å². The Bertz CT molecular complexity index is 642. The van der Waals surface area contributed by atoms with Gasteiger partial charge < -0.3 is 4.57 Å². The smallest absolute Gasteiger partial charge is 0.243 e. The third-order valence-corrected chi connectivity index (χ3v) is 5.53. The third-order valence-electron chi connectivity index (χ3n) is 2.66. The van der Waals surface area contributed by atoms with Gasteiger partial charge in [-0.2, -0.15) is 4.31 Å². The van der Waals surface area contributed by atoms with Gasteiger partial charge in [0.05, 0.1) is 4.90 Å². The second-order valence-electron chi connectivity index (χ2n) is 3.96. The number of hydrogen-bond donors (Lipinski definition) is 0. The minimum atomic E-state index is -3.49. The van der Waals surface area contributed by atoms with Gasteiger partial charge in [-0.15, -0.1) is 10.2 Å². The molecule has 6 nitrogen and oxygen atoms in total. The molecule has 0 bridgehead atoms. The molecule has 0 atom stereocenters. The topological polar surface area (TPSA) is 68.1 Å². The minimum Gasteiger partial charge on any atom is -0.319 e. The molecule has 0 aliphatic carbocycles. The molecule has 0 amide bonds. The van der Waals surface area contributed by atoms with E-state index in [9.17, 15) is 8.42 Å². The summed E-state index contributed by atoms with van der Waals surface area (Å²) in [4.78, 5) is 0.265. The van der Waals surface area contributed by atoms with E-state index in [0.717, 1.165) is 0 Å². The Morgan fingerprint density at radius 1 is 1.26 bits per heavy atom. The van der Waals surface area contributed by atoms with Crippen LogP contribution in [0.5, 0.6) is 0 Å². The summed E-state index contributed by atoms with van der Waals surface area (Å²) in [7, 11) is -1.94. The van der Waals surface area contributed by atoms with Crippen LogP contribution in [-0.2, 0) is 16.6 Å². The molecule has 0 spiro atoms. The second kappa shape index (κ2) is 5.81. The van der Waals surface area contributed by atoms with E-state index >= 15 is 0 Å². The maximum absolute atomic E-state index is 12.4. The largest absolute Gasteiger partial charge is 0.319 e. The van der Waals surface area contributed by atoms with Gasteiger partial charge in [-0.05, 0) is 28.1 Å². The molecule has 0 unspecified atom stereocenters. The van der Waals surface area contributed by atoms with E-state index in [1.807, 2.05) is 0 Å². The van der Waals surface area contributed by atoms with E-state index in [4.69, 9.17) is 0 Å². The van der Waals surface area contributed by atoms with Gasteiger partial charge in [0, 0.05) is 24.6 Å². The lowest BCUT2D eigenvalue weighted by Gasteiger charge is -2.18. The normalized spacial score (nSPS) is 11.9. The summed E-state index contributed by atoms with van der Waals surface area (Å²) in [5, 5.41) is 7.34. The van der Waals surface area contributed by atoms with Crippen LogP contribution in [0.4, 0.5) is 0 Å². The molecule has 0 N–H and O–H groups in total. The van der Waals surface area contributed by atoms with Crippen LogP contribution >= 0.6 is 15.9 Å². The highest BCUT2D eigenvalue weighted by atomic mass is 79.9. The SMILES string of the molecule is CN(CCn1cnnc1)S(=O)(=O)c1ccccc1Br. The molecule has 1 heterocycles. The fourth-order valence-electron chi connectivity index (χ4n) is 1.54. The predicted octanol–water partition coefficient (Wildman–Crippen LogP) is 1.36. The lowest BCUT2D eigenvalue weighted by atomic mass is 10.4. The number of aromatic nitrogens is 3. The van der Waals surface area contributed by atoms with Crippen molar-refractivity contribution in [3.05, 3.63) is 41.4 Å². The van der Waals surface area contributed by atoms with Crippen LogP contribution in [0.3, 0.4) is 0 Å². The van der Waals surface area contributed by atoms with Crippen molar-refractivity contribution in [1.82, 2.24) is 19.1 Å². The fourth-order valence-corrected chi connectivity index (χ4v) is 3.66. The van der Waals surface area contributed by atoms with Crippen LogP contribution in [0.25, 0.3) is 0 Å². The first-order chi connectivity index (χ1) is 9.01. The van der Waals surface area contributed by atoms with E-state index in [1.54, 1.807) is 48.5 Å². The maximum atomic E-state index is 12.4. The summed E-state index contributed by atoms with van der Waals surface area (Å²) >= 11 is 3.26. The second-order valence-corrected chi connectivity index (χ2v) is 6.82. The van der Waals surface area contributed by atoms with Gasteiger partial charge in [0.25, 0.3) is 0 Å². The quantitative estimate of drug-likeness (QED) is 0.821. The Hall–Kier alpha value is -1.25. The van der Waals surface area contributed by atoms with Crippen molar-refractivity contribution < 1.29 is 8.42 Å². The van der Waals surface area contributed by atoms with E-state index in [2.05, 4.69) is 26.1 Å². The monoisotopic (exact) mass is 344 g/mol. The van der Waals surface area contributed by atoms with Crippen molar-refractivity contribution in [2.75, 3.05) is 13.6 Å². The van der Waals surface area contributed by atoms with Gasteiger partial charge >= 0.3 is 0 Å². The molecule has 0 aliphatic heterocycles. The number of halogens is 1. The summed E-state index contributed by atoms with van der Waals surface area (Å²) < 4.78 is 28.3. The molecule has 8 heteroatoms. The Balaban J connectivity index is 2.13. The zero-order valence-corrected chi connectivity index (χ0v) is 12.7. The van der Waals surface area contributed by atoms with Crippen molar-refractivity contribution in [2.24, 2.45) is 0 Å². The van der Waals surface area contributed by atoms with Crippen molar-refractivity contribution in [3.8, 4) is 0 Å². The molecule has 2 aromatic rings. The van der Waals surface area contributed by atoms with Crippen LogP contribution < -0.4 is 0 Å². The molecule has 0 fully saturated rings. The number of nitrogens with zero attached hydrogens (tertiary/aromatic N) is 4. The predicted molar refractivity (Wildman–Crippen MR) is 74.0 cm³/mol. The molecule has 0 saturated heterocycles. The average Bonchev–Trinajstić information content (AvgIpc) is 2.89. The zero-order valence-electron chi connectivity index (χ0n) is 10.3. The van der Waals surface area contributed by atoms with Crippen LogP contribution in [0.1, 0.15) is 0 Å². The number of likely N-dealkylation sites (N-methyl/N-ethyl adjacent to an activating group) is 1. The highest BCUT2D eigenvalue weighted by molar-refractivity contribution is 9.10. The molecular weight excluding hydrogens is 332 g/mol. The van der Waals surface area contributed by atoms with E-state index in [-0.39, 0.29) is 4.90 Å². The summed E-state index contributed by atoms with van der Waals surface area (Å²) in [5.41, 5.74) is 0. The number of sulfonamides is 1. The standard InChI is InChI=1S/C11H13BrN4O2S/c1-15(6-7-16-8-13-14-9-16)19(17,18)11-5-3-2-4-10(11)12/h2-5,8-9H,6-7H2,1H3. The minimum absolute atomic E-state index is 0.265. The molecule has 2 rings (SSSR count). The number of rotatable bonds is 5. The lowest BCUT2D eigenvalue weighted by Crippen LogP contribution is -2.30. The molecule has 0 aliphatic rings. The first kappa shape index (κ1) is 14.2. The third kappa shape index (κ3) is 3.20. The van der Waals surface area contributed by atoms with Crippen LogP contribution in [0, 0.1) is 0 Å². The van der Waals surface area contributed by atoms with Gasteiger partial charge in [-0.25, -0.2) is 8.42 Å². The Morgan fingerprint density at radius 3 is 2.53 bits per heavy atom. The fraction of sp³-hybridized carbons (Fsp3) is 0.273. The zero-order chi connectivity index (χ0) is 13.9. The average molecular weight is 345 g/mol. The molecule has 102 valence electrons. The van der Waals surface area contributed by atoms with Crippen molar-refractivity contribution in [3.63, 3.8) is 0 Å². The number of benzene rings is 1. The highest BCUT2D eigenvalue weighted by Crippen LogP contribution is 2.23. The Kier molecular flexibility index (Phi) is 4.33. The molecule has 0 saturated carbocycles. The van der Waals surface area contributed by atoms with Crippen LogP contribution in [-0.4, -0.2) is 41.1 Å². The molecule has 1 aromatic carbocycles. The highest BCUT2D eigenvalue weighted by Gasteiger charge is 2.22. The summed E-state index contributed by atoms with van der Waals surface area (Å²) in [6.07, 6.45) is 3.11. The van der Waals surface area contributed by atoms with Crippen molar-refractivity contribution in [1.29, 1.82) is 0 Å². The molecular formula is C11H13BrN4O2S. The molecule has 1 aromatic heterocycles. The van der Waals surface area contributed by atoms with E-state index in [0.29, 0.717) is 17.6 Å². The van der Waals surface area contributed by atoms with Gasteiger partial charge in [-0.1, -0.05) is 12.1 Å². The molecule has 19 heavy (non-hydrogen) atoms. The van der Waals surface area contributed by atoms with Crippen LogP contribution in [0.2, 0.25) is 0 Å². The van der Waals surface area contributed by atoms with Gasteiger partial charge in [0.15, 0.2) is 0 Å². The number of hydrogen-bond acceptors (Lipinski definition) is 4. The van der Waals surface area contributed by atoms with Gasteiger partial charge in [0.1, 0.15) is 12.7 Å². The van der Waals surface area contributed by atoms with Gasteiger partial charge in [0.2, 0.25) is 10.0 Å². The van der Waals surface area contributed by atoms with E-state index < -0.39 is 10.0 Å². The molecule has 0 radical (unpaired) electrons. The maximum Gasteiger partial charge on any atom is 0.243 e. The van der Waals surface area contributed by atoms with Crippen molar-refractivity contribution >= 4 is 26.0 Å². The Morgan fingerprint density at radius 2 is 1.89 bits per heavy atom. The van der Waals surface area contributed by atoms with E-state index in [1.165, 1.54) is 4.31 Å². The first-order valence-corrected chi connectivity index (χ1v) is 7.78. The lowest BCUT2D eigenvalue weighted by molar-refractivity contribution is 0.445. The van der Waals surface area contributed by atoms with Gasteiger partial charge in [-0.3, -0.25) is 0 Å². The summed E-state index contributed by atoms with van der Waals surface area (Å²) in [6, 6.07) is 6.76. The first-order valence-electron chi connectivity index (χ1n) is 5.55. The summed E-state index contributed by atoms with van der Waals surface area (Å²) in [6.45, 7) is 0.856. The Labute approximate surface area is 120 Å². The van der Waals surface area contributed by atoms with Crippen LogP contribution in [0.15, 0.2) is 46.3 Å². The summed E-state index contributed by atoms with van der Waals surface area (Å²) in [5.74, 6) is 0.